The van der Waals surface area contributed by atoms with Crippen molar-refractivity contribution in [3.8, 4) is 11.5 Å². The maximum Gasteiger partial charge on any atom is 0.191 e. The Bertz CT molecular complexity index is 426. The molecule has 6 heteroatoms. The highest BCUT2D eigenvalue weighted by Crippen LogP contribution is 2.30. The predicted octanol–water partition coefficient (Wildman–Crippen LogP) is 1.63. The van der Waals surface area contributed by atoms with Gasteiger partial charge in [0, 0.05) is 13.6 Å². The molecule has 1 unspecified atom stereocenters. The fraction of sp³-hybridized carbons (Fsp3) is 0.462. The van der Waals surface area contributed by atoms with E-state index in [0.29, 0.717) is 13.2 Å². The average molecular weight is 377 g/mol. The van der Waals surface area contributed by atoms with Crippen molar-refractivity contribution in [2.75, 3.05) is 26.7 Å². The Morgan fingerprint density at radius 2 is 2.05 bits per heavy atom. The lowest BCUT2D eigenvalue weighted by Gasteiger charge is -2.27. The smallest absolute Gasteiger partial charge is 0.191 e. The zero-order valence-corrected chi connectivity index (χ0v) is 13.5. The summed E-state index contributed by atoms with van der Waals surface area (Å²) in [5, 5.41) is 6.34. The molecule has 1 aliphatic heterocycles. The van der Waals surface area contributed by atoms with Gasteiger partial charge in [0.15, 0.2) is 17.5 Å². The van der Waals surface area contributed by atoms with Crippen LogP contribution in [0.15, 0.2) is 29.3 Å². The molecule has 1 aliphatic rings. The summed E-state index contributed by atoms with van der Waals surface area (Å²) < 4.78 is 11.5. The molecule has 106 valence electrons. The number of nitrogens with one attached hydrogen (secondary N) is 2. The molecule has 0 fully saturated rings. The molecule has 2 rings (SSSR count). The van der Waals surface area contributed by atoms with Gasteiger partial charge < -0.3 is 20.1 Å². The van der Waals surface area contributed by atoms with Gasteiger partial charge in [0.1, 0.15) is 12.7 Å². The average Bonchev–Trinajstić information content (AvgIpc) is 2.43. The van der Waals surface area contributed by atoms with E-state index in [0.717, 1.165) is 24.0 Å². The third-order valence-electron chi connectivity index (χ3n) is 2.63. The first kappa shape index (κ1) is 15.9. The van der Waals surface area contributed by atoms with E-state index in [-0.39, 0.29) is 30.1 Å². The maximum absolute atomic E-state index is 5.83. The van der Waals surface area contributed by atoms with Crippen molar-refractivity contribution in [1.29, 1.82) is 0 Å². The molecule has 0 radical (unpaired) electrons. The van der Waals surface area contributed by atoms with E-state index in [1.54, 1.807) is 7.05 Å². The quantitative estimate of drug-likeness (QED) is 0.478. The van der Waals surface area contributed by atoms with Gasteiger partial charge in [-0.05, 0) is 19.1 Å². The van der Waals surface area contributed by atoms with Gasteiger partial charge in [-0.1, -0.05) is 12.1 Å². The molecule has 5 nitrogen and oxygen atoms in total. The number of fused-ring (bicyclic) bond motifs is 1. The molecule has 0 saturated heterocycles. The SMILES string of the molecule is CCNC(=NC)NCC1COc2ccccc2O1.I. The van der Waals surface area contributed by atoms with Crippen LogP contribution in [0.1, 0.15) is 6.92 Å². The van der Waals surface area contributed by atoms with Crippen LogP contribution in [0.5, 0.6) is 11.5 Å². The van der Waals surface area contributed by atoms with Crippen molar-refractivity contribution in [2.24, 2.45) is 4.99 Å². The lowest BCUT2D eigenvalue weighted by atomic mass is 10.2. The summed E-state index contributed by atoms with van der Waals surface area (Å²) in [5.74, 6) is 2.39. The molecule has 0 saturated carbocycles. The molecule has 2 N–H and O–H groups in total. The monoisotopic (exact) mass is 377 g/mol. The molecule has 1 aromatic rings. The van der Waals surface area contributed by atoms with Crippen molar-refractivity contribution in [2.45, 2.75) is 13.0 Å². The number of benzene rings is 1. The van der Waals surface area contributed by atoms with E-state index in [1.165, 1.54) is 0 Å². The number of hydrogen-bond acceptors (Lipinski definition) is 3. The Kier molecular flexibility index (Phi) is 6.75. The Morgan fingerprint density at radius 3 is 2.74 bits per heavy atom. The van der Waals surface area contributed by atoms with Crippen LogP contribution in [0.4, 0.5) is 0 Å². The van der Waals surface area contributed by atoms with Gasteiger partial charge in [-0.3, -0.25) is 4.99 Å². The third kappa shape index (κ3) is 4.45. The maximum atomic E-state index is 5.83. The molecule has 0 amide bonds. The van der Waals surface area contributed by atoms with Gasteiger partial charge in [0.05, 0.1) is 6.54 Å². The number of nitrogens with zero attached hydrogens (tertiary/aromatic N) is 1. The number of guanidine groups is 1. The zero-order chi connectivity index (χ0) is 12.8. The first-order chi connectivity index (χ1) is 8.83. The lowest BCUT2D eigenvalue weighted by Crippen LogP contribution is -2.45. The van der Waals surface area contributed by atoms with Crippen LogP contribution in [0.3, 0.4) is 0 Å². The van der Waals surface area contributed by atoms with E-state index in [9.17, 15) is 0 Å². The molecule has 0 spiro atoms. The second-order valence-electron chi connectivity index (χ2n) is 3.98. The molecule has 19 heavy (non-hydrogen) atoms. The molecule has 1 atom stereocenters. The third-order valence-corrected chi connectivity index (χ3v) is 2.63. The minimum Gasteiger partial charge on any atom is -0.486 e. The number of aliphatic imine (C=N–C) groups is 1. The summed E-state index contributed by atoms with van der Waals surface area (Å²) in [4.78, 5) is 4.10. The number of rotatable bonds is 3. The highest BCUT2D eigenvalue weighted by Gasteiger charge is 2.20. The number of ether oxygens (including phenoxy) is 2. The molecule has 1 heterocycles. The Hall–Kier alpha value is -1.18. The van der Waals surface area contributed by atoms with Crippen LogP contribution in [0.2, 0.25) is 0 Å². The normalized spacial score (nSPS) is 17.4. The first-order valence-electron chi connectivity index (χ1n) is 6.16. The molecular weight excluding hydrogens is 357 g/mol. The van der Waals surface area contributed by atoms with Crippen LogP contribution in [-0.2, 0) is 0 Å². The van der Waals surface area contributed by atoms with Gasteiger partial charge >= 0.3 is 0 Å². The summed E-state index contributed by atoms with van der Waals surface area (Å²) in [5.41, 5.74) is 0. The topological polar surface area (TPSA) is 54.9 Å². The largest absolute Gasteiger partial charge is 0.486 e. The lowest BCUT2D eigenvalue weighted by molar-refractivity contribution is 0.0936. The summed E-state index contributed by atoms with van der Waals surface area (Å²) in [6, 6.07) is 7.71. The van der Waals surface area contributed by atoms with Crippen molar-refractivity contribution in [1.82, 2.24) is 10.6 Å². The second-order valence-corrected chi connectivity index (χ2v) is 3.98. The molecule has 0 aliphatic carbocycles. The van der Waals surface area contributed by atoms with Crippen molar-refractivity contribution >= 4 is 29.9 Å². The van der Waals surface area contributed by atoms with Crippen molar-refractivity contribution < 1.29 is 9.47 Å². The van der Waals surface area contributed by atoms with Crippen LogP contribution in [0.25, 0.3) is 0 Å². The fourth-order valence-electron chi connectivity index (χ4n) is 1.76. The van der Waals surface area contributed by atoms with E-state index in [1.807, 2.05) is 31.2 Å². The minimum atomic E-state index is -0.00435. The van der Waals surface area contributed by atoms with Gasteiger partial charge in [0.2, 0.25) is 0 Å². The van der Waals surface area contributed by atoms with E-state index < -0.39 is 0 Å². The van der Waals surface area contributed by atoms with Gasteiger partial charge in [-0.2, -0.15) is 0 Å². The zero-order valence-electron chi connectivity index (χ0n) is 11.2. The number of hydrogen-bond donors (Lipinski definition) is 2. The standard InChI is InChI=1S/C13H19N3O2.HI/c1-3-15-13(14-2)16-8-10-9-17-11-6-4-5-7-12(11)18-10;/h4-7,10H,3,8-9H2,1-2H3,(H2,14,15,16);1H. The summed E-state index contributed by atoms with van der Waals surface area (Å²) in [7, 11) is 1.75. The van der Waals surface area contributed by atoms with Crippen LogP contribution in [0, 0.1) is 0 Å². The highest BCUT2D eigenvalue weighted by molar-refractivity contribution is 14.0. The molecule has 0 bridgehead atoms. The summed E-state index contributed by atoms with van der Waals surface area (Å²) in [6.07, 6.45) is -0.00435. The van der Waals surface area contributed by atoms with E-state index in [2.05, 4.69) is 15.6 Å². The Morgan fingerprint density at radius 1 is 1.32 bits per heavy atom. The summed E-state index contributed by atoms with van der Waals surface area (Å²) >= 11 is 0. The minimum absolute atomic E-state index is 0. The van der Waals surface area contributed by atoms with E-state index >= 15 is 0 Å². The highest BCUT2D eigenvalue weighted by atomic mass is 127. The summed E-state index contributed by atoms with van der Waals surface area (Å²) in [6.45, 7) is 4.08. The number of halogens is 1. The van der Waals surface area contributed by atoms with Crippen LogP contribution in [-0.4, -0.2) is 38.8 Å². The predicted molar refractivity (Wildman–Crippen MR) is 86.8 cm³/mol. The first-order valence-corrected chi connectivity index (χ1v) is 6.16. The van der Waals surface area contributed by atoms with Gasteiger partial charge in [-0.25, -0.2) is 0 Å². The fourth-order valence-corrected chi connectivity index (χ4v) is 1.76. The Labute approximate surface area is 130 Å². The van der Waals surface area contributed by atoms with Crippen LogP contribution < -0.4 is 20.1 Å². The molecule has 1 aromatic carbocycles. The van der Waals surface area contributed by atoms with Crippen molar-refractivity contribution in [3.63, 3.8) is 0 Å². The Balaban J connectivity index is 0.00000180. The van der Waals surface area contributed by atoms with Crippen LogP contribution >= 0.6 is 24.0 Å². The number of para-hydroxylation sites is 2. The van der Waals surface area contributed by atoms with Gasteiger partial charge in [0.25, 0.3) is 0 Å². The molecule has 0 aromatic heterocycles. The van der Waals surface area contributed by atoms with Crippen molar-refractivity contribution in [3.05, 3.63) is 24.3 Å². The second kappa shape index (κ2) is 8.08. The molecular formula is C13H20IN3O2. The van der Waals surface area contributed by atoms with E-state index in [4.69, 9.17) is 9.47 Å². The van der Waals surface area contributed by atoms with Gasteiger partial charge in [-0.15, -0.1) is 24.0 Å².